The Morgan fingerprint density at radius 2 is 2.00 bits per heavy atom. The second-order valence-electron chi connectivity index (χ2n) is 5.52. The van der Waals surface area contributed by atoms with E-state index in [4.69, 9.17) is 10.5 Å². The van der Waals surface area contributed by atoms with E-state index in [9.17, 15) is 0 Å². The van der Waals surface area contributed by atoms with E-state index in [1.807, 2.05) is 36.4 Å². The molecule has 1 aromatic heterocycles. The number of thiazole rings is 1. The minimum atomic E-state index is 0.705. The van der Waals surface area contributed by atoms with Crippen molar-refractivity contribution in [3.8, 4) is 17.0 Å². The van der Waals surface area contributed by atoms with Gasteiger partial charge in [0.05, 0.1) is 17.3 Å². The first-order valence-electron chi connectivity index (χ1n) is 7.70. The molecular formula is C19H20N2OS. The normalized spacial score (nSPS) is 10.7. The number of benzene rings is 2. The lowest BCUT2D eigenvalue weighted by Crippen LogP contribution is -1.99. The molecule has 0 aliphatic rings. The van der Waals surface area contributed by atoms with Gasteiger partial charge in [0.2, 0.25) is 0 Å². The average molecular weight is 324 g/mol. The van der Waals surface area contributed by atoms with Crippen LogP contribution in [0.2, 0.25) is 0 Å². The minimum absolute atomic E-state index is 0.705. The monoisotopic (exact) mass is 324 g/mol. The molecule has 3 aromatic rings. The number of aromatic nitrogens is 1. The molecule has 3 rings (SSSR count). The summed E-state index contributed by atoms with van der Waals surface area (Å²) in [7, 11) is 0. The van der Waals surface area contributed by atoms with Crippen LogP contribution in [0, 0.1) is 6.92 Å². The Kier molecular flexibility index (Phi) is 4.93. The van der Waals surface area contributed by atoms with Crippen molar-refractivity contribution in [3.05, 3.63) is 64.5 Å². The Morgan fingerprint density at radius 1 is 1.13 bits per heavy atom. The maximum atomic E-state index is 5.83. The lowest BCUT2D eigenvalue weighted by Gasteiger charge is -2.05. The number of hydrogen-bond donors (Lipinski definition) is 1. The van der Waals surface area contributed by atoms with Crippen LogP contribution >= 0.6 is 11.3 Å². The van der Waals surface area contributed by atoms with Gasteiger partial charge in [0, 0.05) is 23.1 Å². The molecule has 23 heavy (non-hydrogen) atoms. The van der Waals surface area contributed by atoms with Gasteiger partial charge in [-0.1, -0.05) is 24.3 Å². The van der Waals surface area contributed by atoms with Crippen LogP contribution in [0.3, 0.4) is 0 Å². The van der Waals surface area contributed by atoms with Crippen LogP contribution in [0.15, 0.2) is 53.9 Å². The molecule has 0 aliphatic heterocycles. The Morgan fingerprint density at radius 3 is 2.83 bits per heavy atom. The van der Waals surface area contributed by atoms with Gasteiger partial charge >= 0.3 is 0 Å². The molecule has 1 heterocycles. The highest BCUT2D eigenvalue weighted by atomic mass is 32.1. The molecule has 0 saturated carbocycles. The summed E-state index contributed by atoms with van der Waals surface area (Å²) in [6, 6.07) is 16.0. The standard InChI is InChI=1S/C19H20N2OS/c1-14-5-2-8-17(11-14)22-10-4-9-19-21-18(13-23-19)15-6-3-7-16(20)12-15/h2-3,5-8,11-13H,4,9-10,20H2,1H3. The fraction of sp³-hybridized carbons (Fsp3) is 0.211. The van der Waals surface area contributed by atoms with E-state index in [0.717, 1.165) is 40.5 Å². The average Bonchev–Trinajstić information content (AvgIpc) is 3.01. The molecule has 0 spiro atoms. The number of ether oxygens (including phenoxy) is 1. The summed E-state index contributed by atoms with van der Waals surface area (Å²) in [4.78, 5) is 4.69. The highest BCUT2D eigenvalue weighted by molar-refractivity contribution is 7.09. The summed E-state index contributed by atoms with van der Waals surface area (Å²) in [5.74, 6) is 0.935. The first-order valence-corrected chi connectivity index (χ1v) is 8.58. The predicted octanol–water partition coefficient (Wildman–Crippen LogP) is 4.71. The van der Waals surface area contributed by atoms with Crippen molar-refractivity contribution in [2.24, 2.45) is 0 Å². The highest BCUT2D eigenvalue weighted by Gasteiger charge is 2.05. The van der Waals surface area contributed by atoms with Crippen molar-refractivity contribution in [3.63, 3.8) is 0 Å². The summed E-state index contributed by atoms with van der Waals surface area (Å²) >= 11 is 1.69. The van der Waals surface area contributed by atoms with Crippen molar-refractivity contribution in [2.45, 2.75) is 19.8 Å². The first-order chi connectivity index (χ1) is 11.2. The summed E-state index contributed by atoms with van der Waals surface area (Å²) in [6.07, 6.45) is 1.89. The Labute approximate surface area is 140 Å². The molecule has 0 unspecified atom stereocenters. The lowest BCUT2D eigenvalue weighted by molar-refractivity contribution is 0.311. The number of nitrogens with zero attached hydrogens (tertiary/aromatic N) is 1. The highest BCUT2D eigenvalue weighted by Crippen LogP contribution is 2.24. The zero-order valence-corrected chi connectivity index (χ0v) is 14.0. The number of rotatable bonds is 6. The fourth-order valence-electron chi connectivity index (χ4n) is 2.37. The molecule has 2 N–H and O–H groups in total. The number of aryl methyl sites for hydroxylation is 2. The van der Waals surface area contributed by atoms with Gasteiger partial charge in [0.15, 0.2) is 0 Å². The van der Waals surface area contributed by atoms with Gasteiger partial charge < -0.3 is 10.5 Å². The van der Waals surface area contributed by atoms with Crippen LogP contribution in [0.4, 0.5) is 5.69 Å². The van der Waals surface area contributed by atoms with E-state index < -0.39 is 0 Å². The number of anilines is 1. The topological polar surface area (TPSA) is 48.1 Å². The van der Waals surface area contributed by atoms with Crippen LogP contribution in [0.5, 0.6) is 5.75 Å². The maximum Gasteiger partial charge on any atom is 0.119 e. The molecule has 118 valence electrons. The van der Waals surface area contributed by atoms with Gasteiger partial charge in [-0.3, -0.25) is 0 Å². The lowest BCUT2D eigenvalue weighted by atomic mass is 10.1. The van der Waals surface area contributed by atoms with Gasteiger partial charge in [-0.2, -0.15) is 0 Å². The van der Waals surface area contributed by atoms with Crippen molar-refractivity contribution in [1.82, 2.24) is 4.98 Å². The van der Waals surface area contributed by atoms with Crippen molar-refractivity contribution < 1.29 is 4.74 Å². The number of nitrogens with two attached hydrogens (primary N) is 1. The second-order valence-corrected chi connectivity index (χ2v) is 6.46. The molecule has 4 heteroatoms. The van der Waals surface area contributed by atoms with Crippen LogP contribution in [-0.4, -0.2) is 11.6 Å². The quantitative estimate of drug-likeness (QED) is 0.527. The van der Waals surface area contributed by atoms with E-state index in [-0.39, 0.29) is 0 Å². The van der Waals surface area contributed by atoms with Crippen LogP contribution in [0.25, 0.3) is 11.3 Å². The molecule has 2 aromatic carbocycles. The van der Waals surface area contributed by atoms with Crippen LogP contribution in [-0.2, 0) is 6.42 Å². The van der Waals surface area contributed by atoms with Gasteiger partial charge in [0.25, 0.3) is 0 Å². The Hall–Kier alpha value is -2.33. The SMILES string of the molecule is Cc1cccc(OCCCc2nc(-c3cccc(N)c3)cs2)c1. The maximum absolute atomic E-state index is 5.83. The Bertz CT molecular complexity index is 782. The third-order valence-electron chi connectivity index (χ3n) is 3.53. The van der Waals surface area contributed by atoms with Crippen molar-refractivity contribution >= 4 is 17.0 Å². The predicted molar refractivity (Wildman–Crippen MR) is 97.0 cm³/mol. The molecule has 0 saturated heterocycles. The zero-order valence-electron chi connectivity index (χ0n) is 13.2. The van der Waals surface area contributed by atoms with Crippen molar-refractivity contribution in [1.29, 1.82) is 0 Å². The molecule has 0 radical (unpaired) electrons. The minimum Gasteiger partial charge on any atom is -0.494 e. The molecule has 0 atom stereocenters. The molecule has 0 bridgehead atoms. The smallest absolute Gasteiger partial charge is 0.119 e. The van der Waals surface area contributed by atoms with Gasteiger partial charge in [-0.25, -0.2) is 4.98 Å². The molecule has 0 fully saturated rings. The first kappa shape index (κ1) is 15.6. The summed E-state index contributed by atoms with van der Waals surface area (Å²) in [5.41, 5.74) is 9.88. The molecule has 3 nitrogen and oxygen atoms in total. The third kappa shape index (κ3) is 4.33. The number of nitrogen functional groups attached to an aromatic ring is 1. The van der Waals surface area contributed by atoms with Gasteiger partial charge in [-0.15, -0.1) is 11.3 Å². The van der Waals surface area contributed by atoms with E-state index in [0.29, 0.717) is 6.61 Å². The molecule has 0 amide bonds. The largest absolute Gasteiger partial charge is 0.494 e. The van der Waals surface area contributed by atoms with Gasteiger partial charge in [0.1, 0.15) is 5.75 Å². The van der Waals surface area contributed by atoms with Gasteiger partial charge in [-0.05, 0) is 43.2 Å². The number of hydrogen-bond acceptors (Lipinski definition) is 4. The van der Waals surface area contributed by atoms with Crippen LogP contribution < -0.4 is 10.5 Å². The molecule has 0 aliphatic carbocycles. The van der Waals surface area contributed by atoms with Crippen LogP contribution in [0.1, 0.15) is 17.0 Å². The van der Waals surface area contributed by atoms with Crippen molar-refractivity contribution in [2.75, 3.05) is 12.3 Å². The van der Waals surface area contributed by atoms with E-state index in [2.05, 4.69) is 29.4 Å². The Balaban J connectivity index is 1.51. The zero-order chi connectivity index (χ0) is 16.1. The fourth-order valence-corrected chi connectivity index (χ4v) is 3.22. The second kappa shape index (κ2) is 7.29. The third-order valence-corrected chi connectivity index (χ3v) is 4.44. The van der Waals surface area contributed by atoms with E-state index in [1.54, 1.807) is 11.3 Å². The summed E-state index contributed by atoms with van der Waals surface area (Å²) < 4.78 is 5.78. The van der Waals surface area contributed by atoms with E-state index >= 15 is 0 Å². The van der Waals surface area contributed by atoms with E-state index in [1.165, 1.54) is 5.56 Å². The summed E-state index contributed by atoms with van der Waals surface area (Å²) in [5, 5.41) is 3.22. The molecular weight excluding hydrogens is 304 g/mol. The summed E-state index contributed by atoms with van der Waals surface area (Å²) in [6.45, 7) is 2.77.